The van der Waals surface area contributed by atoms with Crippen LogP contribution in [0, 0.1) is 23.2 Å². The number of ether oxygens (including phenoxy) is 1. The summed E-state index contributed by atoms with van der Waals surface area (Å²) < 4.78 is 5.23. The van der Waals surface area contributed by atoms with E-state index in [9.17, 15) is 4.79 Å². The molecule has 1 saturated heterocycles. The Bertz CT molecular complexity index is 261. The molecule has 1 aliphatic heterocycles. The van der Waals surface area contributed by atoms with E-state index in [1.807, 2.05) is 0 Å². The molecule has 3 aliphatic rings. The number of rotatable bonds is 0. The molecule has 72 valence electrons. The van der Waals surface area contributed by atoms with E-state index in [1.54, 1.807) is 0 Å². The molecule has 4 unspecified atom stereocenters. The fourth-order valence-electron chi connectivity index (χ4n) is 3.95. The highest BCUT2D eigenvalue weighted by Crippen LogP contribution is 2.60. The summed E-state index contributed by atoms with van der Waals surface area (Å²) >= 11 is 0. The third-order valence-corrected chi connectivity index (χ3v) is 4.60. The maximum atomic E-state index is 11.5. The zero-order valence-electron chi connectivity index (χ0n) is 8.08. The van der Waals surface area contributed by atoms with Gasteiger partial charge in [0.05, 0.1) is 12.5 Å². The molecule has 3 rings (SSSR count). The third-order valence-electron chi connectivity index (χ3n) is 4.60. The van der Waals surface area contributed by atoms with Gasteiger partial charge in [0.2, 0.25) is 0 Å². The van der Waals surface area contributed by atoms with Crippen LogP contribution < -0.4 is 0 Å². The van der Waals surface area contributed by atoms with E-state index in [1.165, 1.54) is 19.3 Å². The lowest BCUT2D eigenvalue weighted by atomic mass is 9.75. The van der Waals surface area contributed by atoms with E-state index in [0.717, 1.165) is 6.42 Å². The Morgan fingerprint density at radius 2 is 2.15 bits per heavy atom. The first-order chi connectivity index (χ1) is 6.21. The van der Waals surface area contributed by atoms with Crippen molar-refractivity contribution in [3.05, 3.63) is 0 Å². The minimum absolute atomic E-state index is 0.0897. The number of cyclic esters (lactones) is 1. The molecule has 0 radical (unpaired) electrons. The third kappa shape index (κ3) is 0.866. The summed E-state index contributed by atoms with van der Waals surface area (Å²) in [5, 5.41) is 0. The molecule has 2 nitrogen and oxygen atoms in total. The first-order valence-corrected chi connectivity index (χ1v) is 5.37. The van der Waals surface area contributed by atoms with Gasteiger partial charge in [0, 0.05) is 0 Å². The van der Waals surface area contributed by atoms with Gasteiger partial charge in [-0.15, -0.1) is 0 Å². The van der Waals surface area contributed by atoms with Crippen molar-refractivity contribution in [2.75, 3.05) is 6.61 Å². The second-order valence-corrected chi connectivity index (χ2v) is 5.25. The van der Waals surface area contributed by atoms with Crippen molar-refractivity contribution in [2.45, 2.75) is 32.6 Å². The lowest BCUT2D eigenvalue weighted by molar-refractivity contribution is -0.160. The van der Waals surface area contributed by atoms with Gasteiger partial charge in [-0.3, -0.25) is 4.79 Å². The second-order valence-electron chi connectivity index (χ2n) is 5.25. The van der Waals surface area contributed by atoms with Crippen LogP contribution in [0.15, 0.2) is 0 Å². The van der Waals surface area contributed by atoms with Crippen LogP contribution in [0.3, 0.4) is 0 Å². The first-order valence-electron chi connectivity index (χ1n) is 5.37. The minimum Gasteiger partial charge on any atom is -0.465 e. The van der Waals surface area contributed by atoms with Gasteiger partial charge in [-0.05, 0) is 42.9 Å². The molecule has 3 fully saturated rings. The molecule has 0 N–H and O–H groups in total. The number of esters is 1. The van der Waals surface area contributed by atoms with Gasteiger partial charge < -0.3 is 4.74 Å². The Hall–Kier alpha value is -0.530. The molecule has 2 aliphatic carbocycles. The summed E-state index contributed by atoms with van der Waals surface area (Å²) in [7, 11) is 0. The van der Waals surface area contributed by atoms with Crippen LogP contribution >= 0.6 is 0 Å². The summed E-state index contributed by atoms with van der Waals surface area (Å²) in [6.45, 7) is 3.08. The highest BCUT2D eigenvalue weighted by molar-refractivity contribution is 5.74. The maximum Gasteiger partial charge on any atom is 0.309 e. The molecule has 0 aromatic carbocycles. The Labute approximate surface area is 78.6 Å². The van der Waals surface area contributed by atoms with Crippen molar-refractivity contribution >= 4 is 5.97 Å². The van der Waals surface area contributed by atoms with Gasteiger partial charge in [0.15, 0.2) is 0 Å². The predicted octanol–water partition coefficient (Wildman–Crippen LogP) is 1.99. The lowest BCUT2D eigenvalue weighted by Gasteiger charge is -2.33. The smallest absolute Gasteiger partial charge is 0.309 e. The fourth-order valence-corrected chi connectivity index (χ4v) is 3.95. The molecule has 4 atom stereocenters. The second kappa shape index (κ2) is 2.28. The Morgan fingerprint density at radius 3 is 3.00 bits per heavy atom. The zero-order chi connectivity index (χ0) is 9.05. The van der Waals surface area contributed by atoms with E-state index in [2.05, 4.69) is 6.92 Å². The van der Waals surface area contributed by atoms with Crippen molar-refractivity contribution in [1.82, 2.24) is 0 Å². The molecule has 0 aromatic rings. The van der Waals surface area contributed by atoms with E-state index in [0.29, 0.717) is 23.9 Å². The average molecular weight is 180 g/mol. The summed E-state index contributed by atoms with van der Waals surface area (Å²) in [5.74, 6) is 1.70. The molecule has 2 saturated carbocycles. The minimum atomic E-state index is 0.0897. The number of hydrogen-bond acceptors (Lipinski definition) is 2. The number of carbonyl (C=O) groups excluding carboxylic acids is 1. The Balaban J connectivity index is 1.99. The largest absolute Gasteiger partial charge is 0.465 e. The SMILES string of the molecule is CC12CCC3COC(=O)C(CC1)C32. The van der Waals surface area contributed by atoms with Crippen LogP contribution in [-0.4, -0.2) is 12.6 Å². The standard InChI is InChI=1S/C11H16O2/c1-11-4-2-7-6-13-10(12)8(3-5-11)9(7)11/h7-9H,2-6H2,1H3. The highest BCUT2D eigenvalue weighted by Gasteiger charge is 2.57. The van der Waals surface area contributed by atoms with Crippen LogP contribution in [0.4, 0.5) is 0 Å². The van der Waals surface area contributed by atoms with E-state index >= 15 is 0 Å². The molecule has 13 heavy (non-hydrogen) atoms. The van der Waals surface area contributed by atoms with Gasteiger partial charge in [-0.1, -0.05) is 6.92 Å². The topological polar surface area (TPSA) is 26.3 Å². The van der Waals surface area contributed by atoms with Crippen molar-refractivity contribution in [3.8, 4) is 0 Å². The van der Waals surface area contributed by atoms with Crippen molar-refractivity contribution in [3.63, 3.8) is 0 Å². The molecule has 0 spiro atoms. The van der Waals surface area contributed by atoms with Crippen LogP contribution in [0.1, 0.15) is 32.6 Å². The quantitative estimate of drug-likeness (QED) is 0.533. The molecule has 0 amide bonds. The van der Waals surface area contributed by atoms with Crippen LogP contribution in [0.25, 0.3) is 0 Å². The summed E-state index contributed by atoms with van der Waals surface area (Å²) in [6, 6.07) is 0. The summed E-state index contributed by atoms with van der Waals surface area (Å²) in [5.41, 5.74) is 0.481. The van der Waals surface area contributed by atoms with Crippen LogP contribution in [0.2, 0.25) is 0 Å². The monoisotopic (exact) mass is 180 g/mol. The molecule has 0 aromatic heterocycles. The average Bonchev–Trinajstić information content (AvgIpc) is 2.59. The van der Waals surface area contributed by atoms with Gasteiger partial charge in [-0.2, -0.15) is 0 Å². The van der Waals surface area contributed by atoms with Crippen molar-refractivity contribution < 1.29 is 9.53 Å². The van der Waals surface area contributed by atoms with Crippen LogP contribution in [0.5, 0.6) is 0 Å². The molecule has 1 heterocycles. The zero-order valence-corrected chi connectivity index (χ0v) is 8.08. The molecule has 0 bridgehead atoms. The molecular formula is C11H16O2. The number of carbonyl (C=O) groups is 1. The van der Waals surface area contributed by atoms with Gasteiger partial charge in [0.25, 0.3) is 0 Å². The van der Waals surface area contributed by atoms with Gasteiger partial charge >= 0.3 is 5.97 Å². The van der Waals surface area contributed by atoms with Crippen molar-refractivity contribution in [2.24, 2.45) is 23.2 Å². The predicted molar refractivity (Wildman–Crippen MR) is 48.0 cm³/mol. The Morgan fingerprint density at radius 1 is 1.38 bits per heavy atom. The molecule has 2 heteroatoms. The van der Waals surface area contributed by atoms with E-state index in [-0.39, 0.29) is 11.9 Å². The first kappa shape index (κ1) is 7.84. The van der Waals surface area contributed by atoms with Crippen molar-refractivity contribution in [1.29, 1.82) is 0 Å². The van der Waals surface area contributed by atoms with Crippen LogP contribution in [-0.2, 0) is 9.53 Å². The Kier molecular flexibility index (Phi) is 1.38. The molecular weight excluding hydrogens is 164 g/mol. The fraction of sp³-hybridized carbons (Fsp3) is 0.909. The summed E-state index contributed by atoms with van der Waals surface area (Å²) in [4.78, 5) is 11.5. The highest BCUT2D eigenvalue weighted by atomic mass is 16.5. The lowest BCUT2D eigenvalue weighted by Crippen LogP contribution is -2.37. The number of hydrogen-bond donors (Lipinski definition) is 0. The van der Waals surface area contributed by atoms with Gasteiger partial charge in [-0.25, -0.2) is 0 Å². The van der Waals surface area contributed by atoms with Gasteiger partial charge in [0.1, 0.15) is 0 Å². The summed E-state index contributed by atoms with van der Waals surface area (Å²) in [6.07, 6.45) is 4.92. The van der Waals surface area contributed by atoms with E-state index < -0.39 is 0 Å². The maximum absolute atomic E-state index is 11.5. The van der Waals surface area contributed by atoms with E-state index in [4.69, 9.17) is 4.74 Å². The normalized spacial score (nSPS) is 53.3.